The molecule has 0 spiro atoms. The first-order chi connectivity index (χ1) is 10.2. The monoisotopic (exact) mass is 303 g/mol. The summed E-state index contributed by atoms with van der Waals surface area (Å²) >= 11 is 0. The van der Waals surface area contributed by atoms with Gasteiger partial charge in [-0.15, -0.1) is 0 Å². The maximum atomic E-state index is 12.8. The lowest BCUT2D eigenvalue weighted by molar-refractivity contribution is -0.132. The molecule has 22 heavy (non-hydrogen) atoms. The molecule has 0 saturated heterocycles. The van der Waals surface area contributed by atoms with Crippen LogP contribution in [0.1, 0.15) is 58.1 Å². The lowest BCUT2D eigenvalue weighted by Crippen LogP contribution is -2.38. The molecule has 1 aromatic rings. The number of hydrogen-bond acceptors (Lipinski definition) is 2. The highest BCUT2D eigenvalue weighted by atomic mass is 16.3. The summed E-state index contributed by atoms with van der Waals surface area (Å²) < 4.78 is 0. The fourth-order valence-corrected chi connectivity index (χ4v) is 2.89. The zero-order valence-corrected chi connectivity index (χ0v) is 14.5. The van der Waals surface area contributed by atoms with Crippen molar-refractivity contribution in [1.29, 1.82) is 0 Å². The van der Waals surface area contributed by atoms with E-state index in [0.717, 1.165) is 18.4 Å². The third-order valence-corrected chi connectivity index (χ3v) is 4.69. The lowest BCUT2D eigenvalue weighted by Gasteiger charge is -2.25. The molecule has 1 fully saturated rings. The molecule has 3 nitrogen and oxygen atoms in total. The van der Waals surface area contributed by atoms with Crippen LogP contribution in [0.5, 0.6) is 0 Å². The molecule has 1 N–H and O–H groups in total. The van der Waals surface area contributed by atoms with Gasteiger partial charge in [0, 0.05) is 13.6 Å². The Morgan fingerprint density at radius 1 is 1.27 bits per heavy atom. The van der Waals surface area contributed by atoms with Gasteiger partial charge in [0.1, 0.15) is 0 Å². The normalized spacial score (nSPS) is 17.9. The average molecular weight is 303 g/mol. The van der Waals surface area contributed by atoms with Crippen LogP contribution in [-0.4, -0.2) is 35.6 Å². The van der Waals surface area contributed by atoms with Gasteiger partial charge >= 0.3 is 0 Å². The molecule has 1 saturated carbocycles. The lowest BCUT2D eigenvalue weighted by atomic mass is 9.84. The van der Waals surface area contributed by atoms with E-state index in [2.05, 4.69) is 45.0 Å². The Morgan fingerprint density at radius 3 is 2.23 bits per heavy atom. The minimum Gasteiger partial charge on any atom is -0.393 e. The molecule has 0 heterocycles. The molecule has 1 amide bonds. The summed E-state index contributed by atoms with van der Waals surface area (Å²) in [7, 11) is 1.84. The van der Waals surface area contributed by atoms with Crippen LogP contribution in [-0.2, 0) is 15.6 Å². The summed E-state index contributed by atoms with van der Waals surface area (Å²) in [6.45, 7) is 8.96. The summed E-state index contributed by atoms with van der Waals surface area (Å²) in [4.78, 5) is 14.5. The predicted molar refractivity (Wildman–Crippen MR) is 90.0 cm³/mol. The van der Waals surface area contributed by atoms with Crippen LogP contribution in [0, 0.1) is 0 Å². The van der Waals surface area contributed by atoms with Crippen molar-refractivity contribution in [3.8, 4) is 0 Å². The van der Waals surface area contributed by atoms with Crippen molar-refractivity contribution in [1.82, 2.24) is 4.90 Å². The maximum absolute atomic E-state index is 12.8. The Bertz CT molecular complexity index is 521. The second-order valence-electron chi connectivity index (χ2n) is 7.77. The van der Waals surface area contributed by atoms with E-state index in [1.54, 1.807) is 11.8 Å². The average Bonchev–Trinajstić information content (AvgIpc) is 3.24. The number of amides is 1. The molecular weight excluding hydrogens is 274 g/mol. The molecule has 3 heteroatoms. The van der Waals surface area contributed by atoms with Crippen molar-refractivity contribution in [2.24, 2.45) is 0 Å². The van der Waals surface area contributed by atoms with E-state index in [1.165, 1.54) is 5.56 Å². The first-order valence-corrected chi connectivity index (χ1v) is 8.21. The van der Waals surface area contributed by atoms with E-state index < -0.39 is 0 Å². The van der Waals surface area contributed by atoms with Gasteiger partial charge in [-0.05, 0) is 42.7 Å². The number of nitrogens with zero attached hydrogens (tertiary/aromatic N) is 1. The van der Waals surface area contributed by atoms with E-state index in [1.807, 2.05) is 7.05 Å². The van der Waals surface area contributed by atoms with Crippen molar-refractivity contribution < 1.29 is 9.90 Å². The number of aliphatic hydroxyl groups is 1. The number of rotatable bonds is 5. The van der Waals surface area contributed by atoms with E-state index in [9.17, 15) is 9.90 Å². The van der Waals surface area contributed by atoms with E-state index in [0.29, 0.717) is 13.0 Å². The summed E-state index contributed by atoms with van der Waals surface area (Å²) in [6, 6.07) is 8.54. The van der Waals surface area contributed by atoms with Crippen LogP contribution in [0.4, 0.5) is 0 Å². The van der Waals surface area contributed by atoms with Crippen LogP contribution in [0.15, 0.2) is 24.3 Å². The van der Waals surface area contributed by atoms with Gasteiger partial charge in [0.05, 0.1) is 11.5 Å². The van der Waals surface area contributed by atoms with Gasteiger partial charge in [-0.25, -0.2) is 0 Å². The van der Waals surface area contributed by atoms with Gasteiger partial charge in [0.15, 0.2) is 0 Å². The molecule has 0 aliphatic heterocycles. The second-order valence-corrected chi connectivity index (χ2v) is 7.77. The molecule has 0 aromatic heterocycles. The summed E-state index contributed by atoms with van der Waals surface area (Å²) in [5.74, 6) is 0.191. The Hall–Kier alpha value is -1.35. The van der Waals surface area contributed by atoms with Gasteiger partial charge in [0.25, 0.3) is 0 Å². The smallest absolute Gasteiger partial charge is 0.232 e. The highest BCUT2D eigenvalue weighted by molar-refractivity contribution is 5.91. The third-order valence-electron chi connectivity index (χ3n) is 4.69. The van der Waals surface area contributed by atoms with Gasteiger partial charge in [-0.1, -0.05) is 45.0 Å². The molecule has 1 unspecified atom stereocenters. The number of benzene rings is 1. The van der Waals surface area contributed by atoms with Crippen molar-refractivity contribution in [3.63, 3.8) is 0 Å². The summed E-state index contributed by atoms with van der Waals surface area (Å²) in [6.07, 6.45) is 2.12. The molecule has 1 aliphatic carbocycles. The van der Waals surface area contributed by atoms with Crippen molar-refractivity contribution in [3.05, 3.63) is 35.4 Å². The van der Waals surface area contributed by atoms with Crippen LogP contribution >= 0.6 is 0 Å². The molecule has 0 bridgehead atoms. The molecule has 0 radical (unpaired) electrons. The van der Waals surface area contributed by atoms with E-state index in [-0.39, 0.29) is 22.8 Å². The fourth-order valence-electron chi connectivity index (χ4n) is 2.89. The predicted octanol–water partition coefficient (Wildman–Crippen LogP) is 3.25. The fraction of sp³-hybridized carbons (Fsp3) is 0.632. The second kappa shape index (κ2) is 6.04. The molecule has 1 atom stereocenters. The Labute approximate surface area is 134 Å². The maximum Gasteiger partial charge on any atom is 0.232 e. The molecule has 2 rings (SSSR count). The SMILES string of the molecule is CC(O)CCN(C)C(=O)C1(c2ccc(C(C)(C)C)cc2)CC1. The van der Waals surface area contributed by atoms with Crippen LogP contribution in [0.25, 0.3) is 0 Å². The van der Waals surface area contributed by atoms with Gasteiger partial charge in [-0.2, -0.15) is 0 Å². The number of likely N-dealkylation sites (N-methyl/N-ethyl adjacent to an activating group) is 1. The molecule has 1 aromatic carbocycles. The minimum absolute atomic E-state index is 0.132. The van der Waals surface area contributed by atoms with Crippen LogP contribution < -0.4 is 0 Å². The first kappa shape index (κ1) is 17.0. The number of carbonyl (C=O) groups excluding carboxylic acids is 1. The standard InChI is InChI=1S/C19H29NO2/c1-14(21)10-13-20(5)17(22)19(11-12-19)16-8-6-15(7-9-16)18(2,3)4/h6-9,14,21H,10-13H2,1-5H3. The van der Waals surface area contributed by atoms with Crippen molar-refractivity contribution >= 4 is 5.91 Å². The van der Waals surface area contributed by atoms with Gasteiger partial charge in [0.2, 0.25) is 5.91 Å². The van der Waals surface area contributed by atoms with Gasteiger partial charge in [-0.3, -0.25) is 4.79 Å². The van der Waals surface area contributed by atoms with E-state index in [4.69, 9.17) is 0 Å². The van der Waals surface area contributed by atoms with Crippen molar-refractivity contribution in [2.75, 3.05) is 13.6 Å². The zero-order valence-electron chi connectivity index (χ0n) is 14.5. The van der Waals surface area contributed by atoms with E-state index >= 15 is 0 Å². The highest BCUT2D eigenvalue weighted by Gasteiger charge is 2.52. The Kier molecular flexibility index (Phi) is 4.67. The summed E-state index contributed by atoms with van der Waals surface area (Å²) in [5, 5.41) is 9.39. The largest absolute Gasteiger partial charge is 0.393 e. The third kappa shape index (κ3) is 3.52. The quantitative estimate of drug-likeness (QED) is 0.907. The molecule has 122 valence electrons. The number of aliphatic hydroxyl groups excluding tert-OH is 1. The highest BCUT2D eigenvalue weighted by Crippen LogP contribution is 2.49. The minimum atomic E-state index is -0.364. The zero-order chi connectivity index (χ0) is 16.5. The number of hydrogen-bond donors (Lipinski definition) is 1. The topological polar surface area (TPSA) is 40.5 Å². The number of carbonyl (C=O) groups is 1. The first-order valence-electron chi connectivity index (χ1n) is 8.21. The molecular formula is C19H29NO2. The van der Waals surface area contributed by atoms with Gasteiger partial charge < -0.3 is 10.0 Å². The summed E-state index contributed by atoms with van der Waals surface area (Å²) in [5.41, 5.74) is 2.24. The van der Waals surface area contributed by atoms with Crippen LogP contribution in [0.2, 0.25) is 0 Å². The van der Waals surface area contributed by atoms with Crippen molar-refractivity contribution in [2.45, 2.75) is 63.9 Å². The Balaban J connectivity index is 2.12. The Morgan fingerprint density at radius 2 is 1.82 bits per heavy atom. The molecule has 1 aliphatic rings. The van der Waals surface area contributed by atoms with Crippen LogP contribution in [0.3, 0.4) is 0 Å².